The number of imidazole rings is 1. The molecule has 3 heterocycles. The third-order valence-corrected chi connectivity index (χ3v) is 6.86. The molecule has 1 aliphatic carbocycles. The first-order valence-electron chi connectivity index (χ1n) is 11.8. The molecule has 1 aromatic carbocycles. The smallest absolute Gasteiger partial charge is 0.167 e. The standard InChI is InChI=1S/C24H31N5O4/c30-13-18-20(31)21(32)24(33-18)29-15-27-19-22(25-14-26-23(19)29)28(12-16-8-4-3-5-9-16)17-10-6-1-2-7-11-17/h3-5,8-9,14-15,17-18,20-21,24,30-32H,1-2,6-7,10-13H2/t18-,20-,21-,24-/m1/s1. The highest BCUT2D eigenvalue weighted by molar-refractivity contribution is 5.83. The van der Waals surface area contributed by atoms with Crippen LogP contribution in [0.3, 0.4) is 0 Å². The zero-order valence-corrected chi connectivity index (χ0v) is 18.6. The van der Waals surface area contributed by atoms with E-state index in [4.69, 9.17) is 4.74 Å². The quantitative estimate of drug-likeness (QED) is 0.486. The maximum absolute atomic E-state index is 10.5. The molecule has 0 radical (unpaired) electrons. The van der Waals surface area contributed by atoms with Gasteiger partial charge in [-0.15, -0.1) is 0 Å². The van der Waals surface area contributed by atoms with E-state index in [1.54, 1.807) is 10.9 Å². The third kappa shape index (κ3) is 4.33. The Labute approximate surface area is 192 Å². The van der Waals surface area contributed by atoms with Crippen LogP contribution >= 0.6 is 0 Å². The van der Waals surface area contributed by atoms with Crippen LogP contribution in [0.4, 0.5) is 5.82 Å². The summed E-state index contributed by atoms with van der Waals surface area (Å²) in [6, 6.07) is 10.7. The molecule has 0 amide bonds. The van der Waals surface area contributed by atoms with Gasteiger partial charge >= 0.3 is 0 Å². The second-order valence-corrected chi connectivity index (χ2v) is 9.01. The minimum Gasteiger partial charge on any atom is -0.394 e. The highest BCUT2D eigenvalue weighted by atomic mass is 16.6. The summed E-state index contributed by atoms with van der Waals surface area (Å²) in [6.07, 6.45) is 6.09. The van der Waals surface area contributed by atoms with Crippen LogP contribution in [0.25, 0.3) is 11.2 Å². The first kappa shape index (κ1) is 22.2. The Hall–Kier alpha value is -2.59. The fourth-order valence-corrected chi connectivity index (χ4v) is 5.07. The summed E-state index contributed by atoms with van der Waals surface area (Å²) in [5, 5.41) is 30.2. The van der Waals surface area contributed by atoms with E-state index in [-0.39, 0.29) is 6.61 Å². The van der Waals surface area contributed by atoms with Gasteiger partial charge in [0.1, 0.15) is 24.6 Å². The van der Waals surface area contributed by atoms with Gasteiger partial charge in [-0.2, -0.15) is 0 Å². The lowest BCUT2D eigenvalue weighted by molar-refractivity contribution is -0.0511. The van der Waals surface area contributed by atoms with Crippen LogP contribution in [-0.4, -0.2) is 65.8 Å². The fourth-order valence-electron chi connectivity index (χ4n) is 5.07. The zero-order chi connectivity index (χ0) is 22.8. The summed E-state index contributed by atoms with van der Waals surface area (Å²) in [4.78, 5) is 16.1. The van der Waals surface area contributed by atoms with Crippen LogP contribution in [0.5, 0.6) is 0 Å². The number of benzene rings is 1. The van der Waals surface area contributed by atoms with Crippen LogP contribution in [0, 0.1) is 0 Å². The van der Waals surface area contributed by atoms with Crippen molar-refractivity contribution in [2.24, 2.45) is 0 Å². The van der Waals surface area contributed by atoms with E-state index < -0.39 is 24.5 Å². The molecule has 4 atom stereocenters. The number of aromatic nitrogens is 4. The van der Waals surface area contributed by atoms with Gasteiger partial charge in [-0.1, -0.05) is 56.0 Å². The number of anilines is 1. The lowest BCUT2D eigenvalue weighted by Crippen LogP contribution is -2.35. The van der Waals surface area contributed by atoms with Crippen molar-refractivity contribution in [3.63, 3.8) is 0 Å². The molecule has 9 heteroatoms. The van der Waals surface area contributed by atoms with Crippen molar-refractivity contribution >= 4 is 17.0 Å². The van der Waals surface area contributed by atoms with Gasteiger partial charge < -0.3 is 25.0 Å². The van der Waals surface area contributed by atoms with Crippen LogP contribution in [-0.2, 0) is 11.3 Å². The molecule has 2 fully saturated rings. The summed E-state index contributed by atoms with van der Waals surface area (Å²) in [7, 11) is 0. The van der Waals surface area contributed by atoms with Crippen LogP contribution in [0.15, 0.2) is 43.0 Å². The van der Waals surface area contributed by atoms with Crippen molar-refractivity contribution in [2.75, 3.05) is 11.5 Å². The van der Waals surface area contributed by atoms with Gasteiger partial charge in [-0.05, 0) is 18.4 Å². The zero-order valence-electron chi connectivity index (χ0n) is 18.6. The molecule has 1 saturated carbocycles. The summed E-state index contributed by atoms with van der Waals surface area (Å²) in [6.45, 7) is 0.340. The topological polar surface area (TPSA) is 117 Å². The van der Waals surface area contributed by atoms with Gasteiger partial charge in [-0.3, -0.25) is 4.57 Å². The van der Waals surface area contributed by atoms with Gasteiger partial charge in [0.2, 0.25) is 0 Å². The molecule has 1 saturated heterocycles. The Morgan fingerprint density at radius 2 is 1.73 bits per heavy atom. The molecular weight excluding hydrogens is 422 g/mol. The summed E-state index contributed by atoms with van der Waals surface area (Å²) < 4.78 is 7.34. The van der Waals surface area contributed by atoms with Crippen molar-refractivity contribution in [1.29, 1.82) is 0 Å². The van der Waals surface area contributed by atoms with Crippen molar-refractivity contribution < 1.29 is 20.1 Å². The normalized spacial score (nSPS) is 26.5. The van der Waals surface area contributed by atoms with E-state index in [2.05, 4.69) is 32.0 Å². The third-order valence-electron chi connectivity index (χ3n) is 6.86. The van der Waals surface area contributed by atoms with Crippen LogP contribution in [0.1, 0.15) is 50.3 Å². The molecule has 9 nitrogen and oxygen atoms in total. The van der Waals surface area contributed by atoms with Gasteiger partial charge in [-0.25, -0.2) is 15.0 Å². The monoisotopic (exact) mass is 453 g/mol. The molecule has 176 valence electrons. The Balaban J connectivity index is 1.53. The summed E-state index contributed by atoms with van der Waals surface area (Å²) >= 11 is 0. The number of aliphatic hydroxyl groups excluding tert-OH is 3. The Morgan fingerprint density at radius 3 is 2.42 bits per heavy atom. The van der Waals surface area contributed by atoms with Crippen LogP contribution < -0.4 is 4.90 Å². The highest BCUT2D eigenvalue weighted by Crippen LogP contribution is 2.34. The van der Waals surface area contributed by atoms with Gasteiger partial charge in [0.05, 0.1) is 12.9 Å². The largest absolute Gasteiger partial charge is 0.394 e. The molecule has 0 spiro atoms. The first-order chi connectivity index (χ1) is 16.2. The molecule has 0 unspecified atom stereocenters. The second-order valence-electron chi connectivity index (χ2n) is 9.01. The maximum Gasteiger partial charge on any atom is 0.167 e. The number of aliphatic hydroxyl groups is 3. The molecule has 2 aliphatic rings. The van der Waals surface area contributed by atoms with E-state index in [1.165, 1.54) is 37.6 Å². The predicted octanol–water partition coefficient (Wildman–Crippen LogP) is 2.17. The molecular formula is C24H31N5O4. The first-order valence-corrected chi connectivity index (χ1v) is 11.8. The van der Waals surface area contributed by atoms with Crippen molar-refractivity contribution in [2.45, 2.75) is 75.7 Å². The fraction of sp³-hybridized carbons (Fsp3) is 0.542. The van der Waals surface area contributed by atoms with E-state index >= 15 is 0 Å². The van der Waals surface area contributed by atoms with Gasteiger partial charge in [0, 0.05) is 12.6 Å². The molecule has 3 aromatic rings. The van der Waals surface area contributed by atoms with Crippen molar-refractivity contribution in [1.82, 2.24) is 19.5 Å². The van der Waals surface area contributed by atoms with Gasteiger partial charge in [0.15, 0.2) is 23.2 Å². The molecule has 33 heavy (non-hydrogen) atoms. The van der Waals surface area contributed by atoms with E-state index in [0.717, 1.165) is 25.2 Å². The van der Waals surface area contributed by atoms with Gasteiger partial charge in [0.25, 0.3) is 0 Å². The number of hydrogen-bond acceptors (Lipinski definition) is 8. The molecule has 2 aromatic heterocycles. The minimum atomic E-state index is -1.19. The number of fused-ring (bicyclic) bond motifs is 1. The summed E-state index contributed by atoms with van der Waals surface area (Å²) in [5.74, 6) is 0.765. The Bertz CT molecular complexity index is 1050. The van der Waals surface area contributed by atoms with Crippen molar-refractivity contribution in [3.05, 3.63) is 48.5 Å². The SMILES string of the molecule is OC[C@H]1O[C@@H](n2cnc3c(N(Cc4ccccc4)C4CCCCCC4)ncnc32)[C@H](O)[C@@H]1O. The predicted molar refractivity (Wildman–Crippen MR) is 122 cm³/mol. The number of hydrogen-bond donors (Lipinski definition) is 3. The molecule has 0 bridgehead atoms. The van der Waals surface area contributed by atoms with Crippen molar-refractivity contribution in [3.8, 4) is 0 Å². The minimum absolute atomic E-state index is 0.352. The van der Waals surface area contributed by atoms with Crippen LogP contribution in [0.2, 0.25) is 0 Å². The lowest BCUT2D eigenvalue weighted by Gasteiger charge is -2.32. The number of ether oxygens (including phenoxy) is 1. The Morgan fingerprint density at radius 1 is 0.970 bits per heavy atom. The number of rotatable bonds is 6. The van der Waals surface area contributed by atoms with E-state index in [1.807, 2.05) is 18.2 Å². The second kappa shape index (κ2) is 9.72. The van der Waals surface area contributed by atoms with E-state index in [0.29, 0.717) is 17.2 Å². The Kier molecular flexibility index (Phi) is 6.55. The lowest BCUT2D eigenvalue weighted by atomic mass is 10.1. The van der Waals surface area contributed by atoms with E-state index in [9.17, 15) is 15.3 Å². The average Bonchev–Trinajstić information content (AvgIpc) is 3.26. The average molecular weight is 454 g/mol. The maximum atomic E-state index is 10.5. The molecule has 1 aliphatic heterocycles. The molecule has 5 rings (SSSR count). The summed E-state index contributed by atoms with van der Waals surface area (Å²) in [5.41, 5.74) is 2.37. The number of nitrogens with zero attached hydrogens (tertiary/aromatic N) is 5. The molecule has 3 N–H and O–H groups in total. The highest BCUT2D eigenvalue weighted by Gasteiger charge is 2.44.